The van der Waals surface area contributed by atoms with Crippen molar-refractivity contribution in [1.29, 1.82) is 0 Å². The fourth-order valence-corrected chi connectivity index (χ4v) is 2.08. The van der Waals surface area contributed by atoms with E-state index in [1.165, 1.54) is 0 Å². The van der Waals surface area contributed by atoms with Gasteiger partial charge in [-0.1, -0.05) is 12.1 Å². The highest BCUT2D eigenvalue weighted by atomic mass is 127. The maximum Gasteiger partial charge on any atom is 0.252 e. The van der Waals surface area contributed by atoms with Gasteiger partial charge in [0.05, 0.1) is 5.56 Å². The third kappa shape index (κ3) is 4.39. The molecule has 0 aliphatic carbocycles. The number of benzene rings is 1. The molecule has 0 saturated heterocycles. The van der Waals surface area contributed by atoms with E-state index in [1.807, 2.05) is 25.1 Å². The van der Waals surface area contributed by atoms with E-state index in [-0.39, 0.29) is 5.91 Å². The molecule has 1 aromatic carbocycles. The number of hydrogen-bond acceptors (Lipinski definition) is 1. The van der Waals surface area contributed by atoms with Crippen LogP contribution in [0.25, 0.3) is 0 Å². The zero-order chi connectivity index (χ0) is 12.7. The van der Waals surface area contributed by atoms with Gasteiger partial charge in [0.25, 0.3) is 5.91 Å². The molecule has 1 aromatic rings. The number of amides is 1. The van der Waals surface area contributed by atoms with Crippen LogP contribution in [0.2, 0.25) is 0 Å². The van der Waals surface area contributed by atoms with Gasteiger partial charge in [-0.2, -0.15) is 0 Å². The normalized spacial score (nSPS) is 9.71. The number of nitrogens with one attached hydrogen (secondary N) is 1. The second-order valence-corrected chi connectivity index (χ2v) is 4.93. The van der Waals surface area contributed by atoms with Crippen LogP contribution in [0, 0.1) is 22.8 Å². The van der Waals surface area contributed by atoms with Crippen molar-refractivity contribution in [2.24, 2.45) is 0 Å². The van der Waals surface area contributed by atoms with E-state index in [4.69, 9.17) is 6.42 Å². The summed E-state index contributed by atoms with van der Waals surface area (Å²) in [5, 5.41) is 2.91. The monoisotopic (exact) mass is 341 g/mol. The summed E-state index contributed by atoms with van der Waals surface area (Å²) in [7, 11) is 0. The molecule has 0 radical (unpaired) electrons. The molecule has 1 amide bonds. The van der Waals surface area contributed by atoms with Crippen LogP contribution in [-0.2, 0) is 0 Å². The van der Waals surface area contributed by atoms with Crippen LogP contribution in [0.5, 0.6) is 0 Å². The standard InChI is InChI=1S/C14H16INO/c1-3-4-5-6-10-16-14(17)12-9-7-8-11(2)13(12)15/h1,7-9H,4-6,10H2,2H3,(H,16,17). The Balaban J connectivity index is 2.48. The van der Waals surface area contributed by atoms with E-state index in [2.05, 4.69) is 33.8 Å². The maximum absolute atomic E-state index is 11.9. The molecular weight excluding hydrogens is 325 g/mol. The number of rotatable bonds is 5. The molecule has 0 saturated carbocycles. The van der Waals surface area contributed by atoms with E-state index in [1.54, 1.807) is 0 Å². The van der Waals surface area contributed by atoms with Gasteiger partial charge in [-0.05, 0) is 54.0 Å². The summed E-state index contributed by atoms with van der Waals surface area (Å²) in [4.78, 5) is 11.9. The number of terminal acetylenes is 1. The van der Waals surface area contributed by atoms with Crippen LogP contribution >= 0.6 is 22.6 Å². The van der Waals surface area contributed by atoms with Crippen molar-refractivity contribution in [1.82, 2.24) is 5.32 Å². The Labute approximate surface area is 116 Å². The summed E-state index contributed by atoms with van der Waals surface area (Å²) in [6.07, 6.45) is 7.82. The van der Waals surface area contributed by atoms with E-state index in [0.717, 1.165) is 34.0 Å². The summed E-state index contributed by atoms with van der Waals surface area (Å²) >= 11 is 2.21. The summed E-state index contributed by atoms with van der Waals surface area (Å²) in [5.74, 6) is 2.59. The Morgan fingerprint density at radius 3 is 2.94 bits per heavy atom. The molecule has 90 valence electrons. The maximum atomic E-state index is 11.9. The molecule has 0 bridgehead atoms. The van der Waals surface area contributed by atoms with E-state index in [0.29, 0.717) is 6.54 Å². The molecule has 0 unspecified atom stereocenters. The Kier molecular flexibility index (Phi) is 6.06. The number of hydrogen-bond donors (Lipinski definition) is 1. The number of carbonyl (C=O) groups is 1. The first-order valence-electron chi connectivity index (χ1n) is 5.63. The van der Waals surface area contributed by atoms with Crippen molar-refractivity contribution < 1.29 is 4.79 Å². The van der Waals surface area contributed by atoms with Crippen molar-refractivity contribution >= 4 is 28.5 Å². The van der Waals surface area contributed by atoms with Gasteiger partial charge in [-0.3, -0.25) is 4.79 Å². The molecule has 1 rings (SSSR count). The second-order valence-electron chi connectivity index (χ2n) is 3.85. The predicted octanol–water partition coefficient (Wildman–Crippen LogP) is 3.13. The summed E-state index contributed by atoms with van der Waals surface area (Å²) in [5.41, 5.74) is 1.88. The van der Waals surface area contributed by atoms with E-state index < -0.39 is 0 Å². The summed E-state index contributed by atoms with van der Waals surface area (Å²) in [6, 6.07) is 5.77. The first kappa shape index (κ1) is 14.0. The lowest BCUT2D eigenvalue weighted by Gasteiger charge is -2.08. The fourth-order valence-electron chi connectivity index (χ4n) is 1.47. The average Bonchev–Trinajstić information content (AvgIpc) is 2.32. The fraction of sp³-hybridized carbons (Fsp3) is 0.357. The summed E-state index contributed by atoms with van der Waals surface area (Å²) < 4.78 is 1.02. The largest absolute Gasteiger partial charge is 0.352 e. The van der Waals surface area contributed by atoms with Crippen LogP contribution in [0.4, 0.5) is 0 Å². The van der Waals surface area contributed by atoms with Crippen molar-refractivity contribution in [2.45, 2.75) is 26.2 Å². The molecular formula is C14H16INO. The van der Waals surface area contributed by atoms with Gasteiger partial charge in [0.2, 0.25) is 0 Å². The molecule has 0 atom stereocenters. The van der Waals surface area contributed by atoms with Crippen LogP contribution in [0.1, 0.15) is 35.2 Å². The number of unbranched alkanes of at least 4 members (excludes halogenated alkanes) is 2. The number of aryl methyl sites for hydroxylation is 1. The van der Waals surface area contributed by atoms with Crippen LogP contribution < -0.4 is 5.32 Å². The van der Waals surface area contributed by atoms with Gasteiger partial charge in [-0.25, -0.2) is 0 Å². The average molecular weight is 341 g/mol. The van der Waals surface area contributed by atoms with Gasteiger partial charge in [0, 0.05) is 16.5 Å². The van der Waals surface area contributed by atoms with Gasteiger partial charge in [0.1, 0.15) is 0 Å². The van der Waals surface area contributed by atoms with Gasteiger partial charge >= 0.3 is 0 Å². The van der Waals surface area contributed by atoms with Crippen LogP contribution in [-0.4, -0.2) is 12.5 Å². The predicted molar refractivity (Wildman–Crippen MR) is 78.9 cm³/mol. The molecule has 0 aliphatic rings. The Morgan fingerprint density at radius 2 is 2.24 bits per heavy atom. The molecule has 1 N–H and O–H groups in total. The first-order valence-corrected chi connectivity index (χ1v) is 6.71. The molecule has 0 heterocycles. The smallest absolute Gasteiger partial charge is 0.252 e. The van der Waals surface area contributed by atoms with Crippen LogP contribution in [0.15, 0.2) is 18.2 Å². The molecule has 0 aromatic heterocycles. The van der Waals surface area contributed by atoms with Crippen LogP contribution in [0.3, 0.4) is 0 Å². The molecule has 2 nitrogen and oxygen atoms in total. The lowest BCUT2D eigenvalue weighted by Crippen LogP contribution is -2.25. The second kappa shape index (κ2) is 7.33. The zero-order valence-corrected chi connectivity index (χ0v) is 12.1. The highest BCUT2D eigenvalue weighted by molar-refractivity contribution is 14.1. The SMILES string of the molecule is C#CCCCCNC(=O)c1cccc(C)c1I. The van der Waals surface area contributed by atoms with E-state index in [9.17, 15) is 4.79 Å². The quantitative estimate of drug-likeness (QED) is 0.498. The third-order valence-corrected chi connectivity index (χ3v) is 3.90. The minimum absolute atomic E-state index is 0.00110. The van der Waals surface area contributed by atoms with Gasteiger partial charge < -0.3 is 5.32 Å². The highest BCUT2D eigenvalue weighted by Crippen LogP contribution is 2.16. The van der Waals surface area contributed by atoms with Crippen molar-refractivity contribution in [2.75, 3.05) is 6.54 Å². The molecule has 3 heteroatoms. The minimum atomic E-state index is -0.00110. The Bertz CT molecular complexity index is 434. The number of carbonyl (C=O) groups excluding carboxylic acids is 1. The zero-order valence-electron chi connectivity index (χ0n) is 9.92. The van der Waals surface area contributed by atoms with E-state index >= 15 is 0 Å². The van der Waals surface area contributed by atoms with Crippen molar-refractivity contribution in [3.8, 4) is 12.3 Å². The van der Waals surface area contributed by atoms with Crippen molar-refractivity contribution in [3.05, 3.63) is 32.9 Å². The molecule has 0 spiro atoms. The topological polar surface area (TPSA) is 29.1 Å². The first-order chi connectivity index (χ1) is 8.16. The molecule has 0 aliphatic heterocycles. The third-order valence-electron chi connectivity index (χ3n) is 2.47. The van der Waals surface area contributed by atoms with Gasteiger partial charge in [-0.15, -0.1) is 12.3 Å². The molecule has 0 fully saturated rings. The lowest BCUT2D eigenvalue weighted by atomic mass is 10.1. The highest BCUT2D eigenvalue weighted by Gasteiger charge is 2.09. The lowest BCUT2D eigenvalue weighted by molar-refractivity contribution is 0.0952. The summed E-state index contributed by atoms with van der Waals surface area (Å²) in [6.45, 7) is 2.69. The van der Waals surface area contributed by atoms with Crippen molar-refractivity contribution in [3.63, 3.8) is 0 Å². The number of halogens is 1. The Hall–Kier alpha value is -1.02. The minimum Gasteiger partial charge on any atom is -0.352 e. The molecule has 17 heavy (non-hydrogen) atoms. The Morgan fingerprint density at radius 1 is 1.47 bits per heavy atom. The van der Waals surface area contributed by atoms with Gasteiger partial charge in [0.15, 0.2) is 0 Å².